The summed E-state index contributed by atoms with van der Waals surface area (Å²) in [5, 5.41) is 3.23. The van der Waals surface area contributed by atoms with Crippen LogP contribution in [0.25, 0.3) is 0 Å². The van der Waals surface area contributed by atoms with Crippen molar-refractivity contribution in [2.24, 2.45) is 0 Å². The lowest BCUT2D eigenvalue weighted by molar-refractivity contribution is 0.0993. The average molecular weight is 396 g/mol. The first-order valence-corrected chi connectivity index (χ1v) is 8.66. The van der Waals surface area contributed by atoms with Gasteiger partial charge in [0.05, 0.1) is 0 Å². The van der Waals surface area contributed by atoms with Crippen LogP contribution in [0.1, 0.15) is 15.9 Å². The number of para-hydroxylation sites is 1. The SMILES string of the molecule is Cc1ccc(Nc2cc(C(=O)N(C)c3ccccc3)ccn2)cc1Br. The molecule has 126 valence electrons. The van der Waals surface area contributed by atoms with Gasteiger partial charge in [0, 0.05) is 34.7 Å². The average Bonchev–Trinajstić information content (AvgIpc) is 2.64. The zero-order chi connectivity index (χ0) is 17.8. The number of nitrogens with zero attached hydrogens (tertiary/aromatic N) is 2. The van der Waals surface area contributed by atoms with Gasteiger partial charge in [-0.25, -0.2) is 4.98 Å². The third kappa shape index (κ3) is 4.06. The molecule has 3 rings (SSSR count). The van der Waals surface area contributed by atoms with Crippen LogP contribution in [0.2, 0.25) is 0 Å². The number of carbonyl (C=O) groups excluding carboxylic acids is 1. The highest BCUT2D eigenvalue weighted by Gasteiger charge is 2.14. The fourth-order valence-electron chi connectivity index (χ4n) is 2.41. The summed E-state index contributed by atoms with van der Waals surface area (Å²) >= 11 is 3.52. The Morgan fingerprint density at radius 1 is 1.08 bits per heavy atom. The number of hydrogen-bond donors (Lipinski definition) is 1. The minimum absolute atomic E-state index is 0.0817. The highest BCUT2D eigenvalue weighted by Crippen LogP contribution is 2.23. The summed E-state index contributed by atoms with van der Waals surface area (Å²) in [6.45, 7) is 2.03. The van der Waals surface area contributed by atoms with Crippen LogP contribution in [-0.2, 0) is 0 Å². The van der Waals surface area contributed by atoms with Crippen molar-refractivity contribution in [3.8, 4) is 0 Å². The smallest absolute Gasteiger partial charge is 0.258 e. The first kappa shape index (κ1) is 17.2. The van der Waals surface area contributed by atoms with Crippen molar-refractivity contribution in [2.45, 2.75) is 6.92 Å². The van der Waals surface area contributed by atoms with Crippen molar-refractivity contribution in [3.63, 3.8) is 0 Å². The molecule has 0 aliphatic carbocycles. The first-order valence-electron chi connectivity index (χ1n) is 7.87. The van der Waals surface area contributed by atoms with E-state index in [2.05, 4.69) is 26.2 Å². The molecule has 0 aliphatic rings. The molecule has 0 aliphatic heterocycles. The van der Waals surface area contributed by atoms with Gasteiger partial charge in [0.15, 0.2) is 0 Å². The summed E-state index contributed by atoms with van der Waals surface area (Å²) in [6.07, 6.45) is 1.64. The van der Waals surface area contributed by atoms with Crippen LogP contribution in [-0.4, -0.2) is 17.9 Å². The molecule has 1 aromatic heterocycles. The second kappa shape index (κ2) is 7.49. The van der Waals surface area contributed by atoms with E-state index < -0.39 is 0 Å². The van der Waals surface area contributed by atoms with Crippen molar-refractivity contribution in [2.75, 3.05) is 17.3 Å². The summed E-state index contributed by atoms with van der Waals surface area (Å²) in [6, 6.07) is 19.0. The molecule has 25 heavy (non-hydrogen) atoms. The monoisotopic (exact) mass is 395 g/mol. The number of aromatic nitrogens is 1. The second-order valence-corrected chi connectivity index (χ2v) is 6.57. The third-order valence-corrected chi connectivity index (χ3v) is 4.75. The molecule has 0 bridgehead atoms. The maximum Gasteiger partial charge on any atom is 0.258 e. The summed E-state index contributed by atoms with van der Waals surface area (Å²) in [5.41, 5.74) is 3.49. The fourth-order valence-corrected chi connectivity index (χ4v) is 2.79. The summed E-state index contributed by atoms with van der Waals surface area (Å²) < 4.78 is 1.02. The fraction of sp³-hybridized carbons (Fsp3) is 0.100. The number of hydrogen-bond acceptors (Lipinski definition) is 3. The van der Waals surface area contributed by atoms with Crippen molar-refractivity contribution in [1.29, 1.82) is 0 Å². The van der Waals surface area contributed by atoms with Crippen molar-refractivity contribution in [3.05, 3.63) is 82.5 Å². The molecule has 1 heterocycles. The molecule has 1 N–H and O–H groups in total. The van der Waals surface area contributed by atoms with E-state index in [-0.39, 0.29) is 5.91 Å². The van der Waals surface area contributed by atoms with E-state index in [1.807, 2.05) is 55.5 Å². The topological polar surface area (TPSA) is 45.2 Å². The number of halogens is 1. The number of nitrogens with one attached hydrogen (secondary N) is 1. The predicted molar refractivity (Wildman–Crippen MR) is 106 cm³/mol. The molecule has 0 radical (unpaired) electrons. The highest BCUT2D eigenvalue weighted by atomic mass is 79.9. The van der Waals surface area contributed by atoms with Crippen LogP contribution in [0.3, 0.4) is 0 Å². The number of rotatable bonds is 4. The van der Waals surface area contributed by atoms with Gasteiger partial charge in [-0.05, 0) is 48.9 Å². The van der Waals surface area contributed by atoms with Gasteiger partial charge in [-0.3, -0.25) is 4.79 Å². The molecule has 2 aromatic carbocycles. The number of aryl methyl sites for hydroxylation is 1. The molecule has 0 unspecified atom stereocenters. The lowest BCUT2D eigenvalue weighted by Crippen LogP contribution is -2.26. The number of amides is 1. The Morgan fingerprint density at radius 2 is 1.84 bits per heavy atom. The van der Waals surface area contributed by atoms with E-state index >= 15 is 0 Å². The van der Waals surface area contributed by atoms with Gasteiger partial charge in [0.1, 0.15) is 5.82 Å². The molecule has 0 saturated carbocycles. The van der Waals surface area contributed by atoms with Crippen molar-refractivity contribution < 1.29 is 4.79 Å². The maximum atomic E-state index is 12.7. The lowest BCUT2D eigenvalue weighted by atomic mass is 10.2. The third-order valence-electron chi connectivity index (χ3n) is 3.90. The Kier molecular flexibility index (Phi) is 5.14. The van der Waals surface area contributed by atoms with Crippen LogP contribution >= 0.6 is 15.9 Å². The second-order valence-electron chi connectivity index (χ2n) is 5.72. The Labute approximate surface area is 155 Å². The Bertz CT molecular complexity index is 896. The standard InChI is InChI=1S/C20H18BrN3O/c1-14-8-9-16(13-18(14)21)23-19-12-15(10-11-22-19)20(25)24(2)17-6-4-3-5-7-17/h3-13H,1-2H3,(H,22,23). The molecule has 4 nitrogen and oxygen atoms in total. The van der Waals surface area contributed by atoms with Crippen LogP contribution in [0, 0.1) is 6.92 Å². The molecule has 5 heteroatoms. The zero-order valence-corrected chi connectivity index (χ0v) is 15.6. The molecular weight excluding hydrogens is 378 g/mol. The van der Waals surface area contributed by atoms with Gasteiger partial charge in [-0.2, -0.15) is 0 Å². The number of pyridine rings is 1. The summed E-state index contributed by atoms with van der Waals surface area (Å²) in [4.78, 5) is 18.6. The normalized spacial score (nSPS) is 10.4. The zero-order valence-electron chi connectivity index (χ0n) is 14.0. The predicted octanol–water partition coefficient (Wildman–Crippen LogP) is 5.17. The summed E-state index contributed by atoms with van der Waals surface area (Å²) in [5.74, 6) is 0.546. The number of carbonyl (C=O) groups is 1. The quantitative estimate of drug-likeness (QED) is 0.662. The largest absolute Gasteiger partial charge is 0.340 e. The van der Waals surface area contributed by atoms with Gasteiger partial charge >= 0.3 is 0 Å². The van der Waals surface area contributed by atoms with Gasteiger partial charge in [0.2, 0.25) is 0 Å². The van der Waals surface area contributed by atoms with Crippen LogP contribution < -0.4 is 10.2 Å². The van der Waals surface area contributed by atoms with Crippen LogP contribution in [0.4, 0.5) is 17.2 Å². The van der Waals surface area contributed by atoms with E-state index in [1.165, 1.54) is 0 Å². The molecule has 1 amide bonds. The minimum Gasteiger partial charge on any atom is -0.340 e. The molecular formula is C20H18BrN3O. The van der Waals surface area contributed by atoms with Gasteiger partial charge in [0.25, 0.3) is 5.91 Å². The molecule has 0 spiro atoms. The van der Waals surface area contributed by atoms with Gasteiger partial charge < -0.3 is 10.2 Å². The van der Waals surface area contributed by atoms with Crippen LogP contribution in [0.5, 0.6) is 0 Å². The highest BCUT2D eigenvalue weighted by molar-refractivity contribution is 9.10. The van der Waals surface area contributed by atoms with Gasteiger partial charge in [-0.1, -0.05) is 40.2 Å². The Hall–Kier alpha value is -2.66. The first-order chi connectivity index (χ1) is 12.0. The van der Waals surface area contributed by atoms with Crippen LogP contribution in [0.15, 0.2) is 71.3 Å². The number of benzene rings is 2. The maximum absolute atomic E-state index is 12.7. The van der Waals surface area contributed by atoms with Crippen molar-refractivity contribution in [1.82, 2.24) is 4.98 Å². The lowest BCUT2D eigenvalue weighted by Gasteiger charge is -2.17. The summed E-state index contributed by atoms with van der Waals surface area (Å²) in [7, 11) is 1.77. The van der Waals surface area contributed by atoms with E-state index in [0.717, 1.165) is 21.4 Å². The minimum atomic E-state index is -0.0817. The van der Waals surface area contributed by atoms with E-state index in [0.29, 0.717) is 11.4 Å². The Balaban J connectivity index is 1.81. The molecule has 0 fully saturated rings. The molecule has 3 aromatic rings. The van der Waals surface area contributed by atoms with Gasteiger partial charge in [-0.15, -0.1) is 0 Å². The molecule has 0 saturated heterocycles. The molecule has 0 atom stereocenters. The van der Waals surface area contributed by atoms with Crippen molar-refractivity contribution >= 4 is 39.0 Å². The number of anilines is 3. The van der Waals surface area contributed by atoms with E-state index in [4.69, 9.17) is 0 Å². The Morgan fingerprint density at radius 3 is 2.56 bits per heavy atom. The van der Waals surface area contributed by atoms with E-state index in [1.54, 1.807) is 30.3 Å². The van der Waals surface area contributed by atoms with E-state index in [9.17, 15) is 4.79 Å².